The van der Waals surface area contributed by atoms with E-state index in [0.717, 1.165) is 16.8 Å². The van der Waals surface area contributed by atoms with Gasteiger partial charge >= 0.3 is 23.5 Å². The van der Waals surface area contributed by atoms with E-state index in [1.807, 2.05) is 0 Å². The van der Waals surface area contributed by atoms with Gasteiger partial charge in [0.2, 0.25) is 0 Å². The number of halogens is 1. The summed E-state index contributed by atoms with van der Waals surface area (Å²) in [6, 6.07) is 1.02. The molecule has 0 radical (unpaired) electrons. The second kappa shape index (κ2) is 8.03. The second-order valence-electron chi connectivity index (χ2n) is 4.92. The Labute approximate surface area is 154 Å². The number of aromatic amines is 1. The van der Waals surface area contributed by atoms with Crippen LogP contribution in [-0.4, -0.2) is 41.6 Å². The van der Waals surface area contributed by atoms with Crippen LogP contribution in [0.15, 0.2) is 17.1 Å². The lowest BCUT2D eigenvalue weighted by molar-refractivity contribution is -0.112. The van der Waals surface area contributed by atoms with E-state index in [1.54, 1.807) is 0 Å². The Bertz CT molecular complexity index is 958. The van der Waals surface area contributed by atoms with Crippen molar-refractivity contribution in [3.05, 3.63) is 27.4 Å². The van der Waals surface area contributed by atoms with Crippen LogP contribution in [0.4, 0.5) is 4.39 Å². The summed E-state index contributed by atoms with van der Waals surface area (Å²) in [5.41, 5.74) is -0.561. The molecule has 5 N–H and O–H groups in total. The number of hydrogen-bond acceptors (Lipinski definition) is 9. The molecule has 3 unspecified atom stereocenters. The SMILES string of the molecule is O=c1ccn([C@@H]2O[C@H](OP(=O)(O)OP(=O)(O)OP(=O)(O)O)CC2F)c(=S)[nH]1. The zero-order valence-corrected chi connectivity index (χ0v) is 16.2. The van der Waals surface area contributed by atoms with Crippen LogP contribution in [0.5, 0.6) is 0 Å². The van der Waals surface area contributed by atoms with Crippen LogP contribution < -0.4 is 5.56 Å². The van der Waals surface area contributed by atoms with E-state index in [2.05, 4.69) is 18.1 Å². The van der Waals surface area contributed by atoms with Gasteiger partial charge in [0.25, 0.3) is 5.56 Å². The number of H-pyrrole nitrogens is 1. The summed E-state index contributed by atoms with van der Waals surface area (Å²) in [5.74, 6) is 0. The van der Waals surface area contributed by atoms with Gasteiger partial charge in [-0.25, -0.2) is 18.1 Å². The van der Waals surface area contributed by atoms with Gasteiger partial charge in [-0.05, 0) is 12.2 Å². The molecule has 19 heteroatoms. The van der Waals surface area contributed by atoms with Gasteiger partial charge in [0.1, 0.15) is 0 Å². The van der Waals surface area contributed by atoms with Gasteiger partial charge in [-0.15, -0.1) is 0 Å². The highest BCUT2D eigenvalue weighted by molar-refractivity contribution is 7.71. The van der Waals surface area contributed by atoms with Crippen molar-refractivity contribution < 1.29 is 55.5 Å². The highest BCUT2D eigenvalue weighted by Gasteiger charge is 2.45. The number of rotatable bonds is 7. The maximum Gasteiger partial charge on any atom is 0.490 e. The van der Waals surface area contributed by atoms with Gasteiger partial charge in [-0.3, -0.25) is 18.9 Å². The number of phosphoric acid groups is 3. The molecular weight excluding hydrogens is 460 g/mol. The second-order valence-corrected chi connectivity index (χ2v) is 9.68. The van der Waals surface area contributed by atoms with E-state index in [-0.39, 0.29) is 4.77 Å². The summed E-state index contributed by atoms with van der Waals surface area (Å²) in [4.78, 5) is 48.6. The number of nitrogens with one attached hydrogen (secondary N) is 1. The molecule has 0 spiro atoms. The molecule has 0 amide bonds. The Morgan fingerprint density at radius 3 is 2.41 bits per heavy atom. The van der Waals surface area contributed by atoms with Crippen molar-refractivity contribution >= 4 is 35.7 Å². The number of aromatic nitrogens is 2. The molecule has 1 aromatic rings. The highest BCUT2D eigenvalue weighted by Crippen LogP contribution is 2.66. The van der Waals surface area contributed by atoms with Crippen molar-refractivity contribution in [2.24, 2.45) is 0 Å². The van der Waals surface area contributed by atoms with Gasteiger partial charge in [-0.2, -0.15) is 8.62 Å². The first-order valence-corrected chi connectivity index (χ1v) is 11.5. The van der Waals surface area contributed by atoms with Crippen molar-refractivity contribution in [3.63, 3.8) is 0 Å². The molecule has 14 nitrogen and oxygen atoms in total. The summed E-state index contributed by atoms with van der Waals surface area (Å²) in [5, 5.41) is 0. The lowest BCUT2D eigenvalue weighted by Gasteiger charge is -2.20. The fourth-order valence-electron chi connectivity index (χ4n) is 1.98. The van der Waals surface area contributed by atoms with Gasteiger partial charge in [0, 0.05) is 18.7 Å². The van der Waals surface area contributed by atoms with Crippen molar-refractivity contribution in [3.8, 4) is 0 Å². The molecule has 2 heterocycles. The first kappa shape index (κ1) is 22.7. The molecule has 1 aliphatic rings. The molecule has 2 rings (SSSR count). The highest BCUT2D eigenvalue weighted by atomic mass is 32.1. The van der Waals surface area contributed by atoms with Crippen molar-refractivity contribution in [1.29, 1.82) is 0 Å². The lowest BCUT2D eigenvalue weighted by atomic mass is 10.3. The van der Waals surface area contributed by atoms with Gasteiger partial charge in [0.05, 0.1) is 0 Å². The standard InChI is InChI=1S/C8H12FN2O12P3S/c9-4-3-6(20-7(4)11-2-1-5(12)10-8(11)27)21-25(16,17)23-26(18,19)22-24(13,14)15/h1-2,4,6-7H,3H2,(H,16,17)(H,18,19)(H,10,12,27)(H2,13,14,15)/t4?,6-,7-/m1/s1. The van der Waals surface area contributed by atoms with E-state index in [9.17, 15) is 27.8 Å². The summed E-state index contributed by atoms with van der Waals surface area (Å²) >= 11 is 4.83. The van der Waals surface area contributed by atoms with E-state index in [4.69, 9.17) is 31.6 Å². The van der Waals surface area contributed by atoms with Crippen LogP contribution >= 0.6 is 35.7 Å². The maximum atomic E-state index is 14.1. The van der Waals surface area contributed by atoms with E-state index in [0.29, 0.717) is 0 Å². The monoisotopic (exact) mass is 472 g/mol. The van der Waals surface area contributed by atoms with Crippen LogP contribution in [0, 0.1) is 4.77 Å². The molecule has 1 aromatic heterocycles. The smallest absolute Gasteiger partial charge is 0.325 e. The first-order chi connectivity index (χ1) is 12.2. The van der Waals surface area contributed by atoms with Gasteiger partial charge in [0.15, 0.2) is 23.5 Å². The molecule has 0 saturated carbocycles. The topological polar surface area (TPSA) is 207 Å². The summed E-state index contributed by atoms with van der Waals surface area (Å²) in [6.45, 7) is 0. The number of nitrogens with zero attached hydrogens (tertiary/aromatic N) is 1. The predicted molar refractivity (Wildman–Crippen MR) is 84.3 cm³/mol. The zero-order valence-electron chi connectivity index (χ0n) is 12.7. The van der Waals surface area contributed by atoms with Crippen LogP contribution in [0.2, 0.25) is 0 Å². The fraction of sp³-hybridized carbons (Fsp3) is 0.500. The fourth-order valence-corrected chi connectivity index (χ4v) is 5.34. The molecule has 1 fully saturated rings. The Hall–Kier alpha value is -0.600. The molecular formula is C8H12FN2O12P3S. The third-order valence-electron chi connectivity index (χ3n) is 2.81. The van der Waals surface area contributed by atoms with Crippen molar-refractivity contribution in [1.82, 2.24) is 9.55 Å². The van der Waals surface area contributed by atoms with Crippen LogP contribution in [0.1, 0.15) is 12.6 Å². The van der Waals surface area contributed by atoms with Crippen LogP contribution in [-0.2, 0) is 31.6 Å². The van der Waals surface area contributed by atoms with Crippen LogP contribution in [0.25, 0.3) is 0 Å². The molecule has 0 aliphatic carbocycles. The van der Waals surface area contributed by atoms with Crippen molar-refractivity contribution in [2.75, 3.05) is 0 Å². The average molecular weight is 472 g/mol. The third kappa shape index (κ3) is 6.75. The van der Waals surface area contributed by atoms with Crippen molar-refractivity contribution in [2.45, 2.75) is 25.1 Å². The number of ether oxygens (including phenoxy) is 1. The molecule has 154 valence electrons. The van der Waals surface area contributed by atoms with Gasteiger partial charge < -0.3 is 24.3 Å². The first-order valence-electron chi connectivity index (χ1n) is 6.61. The predicted octanol–water partition coefficient (Wildman–Crippen LogP) is 0.832. The van der Waals surface area contributed by atoms with Crippen LogP contribution in [0.3, 0.4) is 0 Å². The van der Waals surface area contributed by atoms with E-state index >= 15 is 0 Å². The lowest BCUT2D eigenvalue weighted by Crippen LogP contribution is -2.21. The Morgan fingerprint density at radius 1 is 1.22 bits per heavy atom. The molecule has 1 saturated heterocycles. The minimum Gasteiger partial charge on any atom is -0.325 e. The van der Waals surface area contributed by atoms with E-state index in [1.165, 1.54) is 0 Å². The zero-order chi connectivity index (χ0) is 20.6. The quantitative estimate of drug-likeness (QED) is 0.276. The summed E-state index contributed by atoms with van der Waals surface area (Å²) in [7, 11) is -16.7. The summed E-state index contributed by atoms with van der Waals surface area (Å²) in [6.07, 6.45) is -4.61. The number of hydrogen-bond donors (Lipinski definition) is 5. The molecule has 0 aromatic carbocycles. The largest absolute Gasteiger partial charge is 0.490 e. The Kier molecular flexibility index (Phi) is 6.75. The minimum absolute atomic E-state index is 0.214. The van der Waals surface area contributed by atoms with E-state index < -0.39 is 54.1 Å². The minimum atomic E-state index is -5.71. The number of phosphoric ester groups is 1. The molecule has 27 heavy (non-hydrogen) atoms. The van der Waals surface area contributed by atoms with Gasteiger partial charge in [-0.1, -0.05) is 0 Å². The molecule has 1 aliphatic heterocycles. The third-order valence-corrected chi connectivity index (χ3v) is 6.95. The Balaban J connectivity index is 2.08. The number of alkyl halides is 1. The Morgan fingerprint density at radius 2 is 1.85 bits per heavy atom. The molecule has 5 atom stereocenters. The average Bonchev–Trinajstić information content (AvgIpc) is 2.73. The maximum absolute atomic E-state index is 14.1. The molecule has 0 bridgehead atoms. The normalized spacial score (nSPS) is 27.8. The summed E-state index contributed by atoms with van der Waals surface area (Å²) < 4.78 is 64.8.